The van der Waals surface area contributed by atoms with Crippen LogP contribution in [0.3, 0.4) is 0 Å². The summed E-state index contributed by atoms with van der Waals surface area (Å²) in [6.07, 6.45) is 20.7. The summed E-state index contributed by atoms with van der Waals surface area (Å²) in [4.78, 5) is 0. The Bertz CT molecular complexity index is 475. The number of nitrogens with one attached hydrogen (secondary N) is 1. The zero-order chi connectivity index (χ0) is 20.3. The van der Waals surface area contributed by atoms with Crippen LogP contribution in [0.1, 0.15) is 115 Å². The van der Waals surface area contributed by atoms with E-state index in [1.165, 1.54) is 95.5 Å². The fourth-order valence-electron chi connectivity index (χ4n) is 3.98. The lowest BCUT2D eigenvalue weighted by Gasteiger charge is -2.18. The van der Waals surface area contributed by atoms with Crippen molar-refractivity contribution in [2.75, 3.05) is 6.54 Å². The molecule has 0 amide bonds. The molecule has 160 valence electrons. The molecule has 0 spiro atoms. The summed E-state index contributed by atoms with van der Waals surface area (Å²) in [5.74, 6) is 0.607. The number of nitrogens with two attached hydrogens (primary N) is 1. The summed E-state index contributed by atoms with van der Waals surface area (Å²) < 4.78 is 0. The molecular formula is C25H44N2S. The maximum atomic E-state index is 5.56. The molecule has 0 aliphatic rings. The molecule has 28 heavy (non-hydrogen) atoms. The highest BCUT2D eigenvalue weighted by atomic mass is 32.1. The molecular weight excluding hydrogens is 360 g/mol. The van der Waals surface area contributed by atoms with Crippen LogP contribution in [-0.2, 0) is 0 Å². The number of benzene rings is 1. The number of rotatable bonds is 18. The second-order valence-corrected chi connectivity index (χ2v) is 8.66. The van der Waals surface area contributed by atoms with Gasteiger partial charge in [-0.1, -0.05) is 121 Å². The van der Waals surface area contributed by atoms with Crippen LogP contribution in [0.5, 0.6) is 0 Å². The Morgan fingerprint density at radius 1 is 0.786 bits per heavy atom. The van der Waals surface area contributed by atoms with E-state index >= 15 is 0 Å². The highest BCUT2D eigenvalue weighted by molar-refractivity contribution is 7.80. The molecule has 1 atom stereocenters. The Morgan fingerprint density at radius 3 is 1.79 bits per heavy atom. The minimum atomic E-state index is 0.410. The van der Waals surface area contributed by atoms with Gasteiger partial charge in [-0.2, -0.15) is 0 Å². The highest BCUT2D eigenvalue weighted by Crippen LogP contribution is 2.26. The molecule has 0 saturated heterocycles. The Labute approximate surface area is 180 Å². The van der Waals surface area contributed by atoms with Crippen molar-refractivity contribution in [3.8, 4) is 0 Å². The van der Waals surface area contributed by atoms with Gasteiger partial charge in [-0.05, 0) is 36.5 Å². The molecule has 2 nitrogen and oxygen atoms in total. The van der Waals surface area contributed by atoms with Crippen molar-refractivity contribution in [2.45, 2.75) is 109 Å². The summed E-state index contributed by atoms with van der Waals surface area (Å²) in [6, 6.07) is 10.9. The molecule has 0 aliphatic heterocycles. The van der Waals surface area contributed by atoms with Crippen molar-refractivity contribution in [1.29, 1.82) is 0 Å². The third-order valence-electron chi connectivity index (χ3n) is 5.72. The van der Waals surface area contributed by atoms with Gasteiger partial charge < -0.3 is 11.1 Å². The van der Waals surface area contributed by atoms with Gasteiger partial charge in [0, 0.05) is 6.54 Å². The van der Waals surface area contributed by atoms with Gasteiger partial charge in [0.25, 0.3) is 0 Å². The smallest absolute Gasteiger partial charge is 0.163 e. The van der Waals surface area contributed by atoms with E-state index in [1.807, 2.05) is 0 Å². The van der Waals surface area contributed by atoms with Crippen LogP contribution in [-0.4, -0.2) is 11.7 Å². The van der Waals surface area contributed by atoms with E-state index in [4.69, 9.17) is 18.0 Å². The lowest BCUT2D eigenvalue weighted by molar-refractivity contribution is 0.504. The molecule has 0 fully saturated rings. The largest absolute Gasteiger partial charge is 0.376 e. The number of unbranched alkanes of at least 4 members (excludes halogenated alkanes) is 12. The summed E-state index contributed by atoms with van der Waals surface area (Å²) >= 11 is 4.93. The van der Waals surface area contributed by atoms with E-state index in [1.54, 1.807) is 0 Å². The highest BCUT2D eigenvalue weighted by Gasteiger charge is 2.11. The SMILES string of the molecule is CCCCCCCCCCCCCCCC(CCNC(N)=S)c1ccccc1. The van der Waals surface area contributed by atoms with Gasteiger partial charge in [-0.25, -0.2) is 0 Å². The van der Waals surface area contributed by atoms with E-state index in [-0.39, 0.29) is 0 Å². The number of hydrogen-bond donors (Lipinski definition) is 2. The van der Waals surface area contributed by atoms with Crippen LogP contribution in [0.4, 0.5) is 0 Å². The first kappa shape index (κ1) is 24.9. The van der Waals surface area contributed by atoms with Crippen LogP contribution < -0.4 is 11.1 Å². The summed E-state index contributed by atoms with van der Waals surface area (Å²) in [5.41, 5.74) is 7.01. The van der Waals surface area contributed by atoms with E-state index in [0.29, 0.717) is 11.0 Å². The first-order valence-electron chi connectivity index (χ1n) is 11.8. The molecule has 0 aliphatic carbocycles. The lowest BCUT2D eigenvalue weighted by Crippen LogP contribution is -2.30. The van der Waals surface area contributed by atoms with Crippen molar-refractivity contribution in [3.63, 3.8) is 0 Å². The van der Waals surface area contributed by atoms with E-state index < -0.39 is 0 Å². The molecule has 0 heterocycles. The lowest BCUT2D eigenvalue weighted by atomic mass is 9.90. The predicted octanol–water partition coefficient (Wildman–Crippen LogP) is 7.47. The third kappa shape index (κ3) is 14.0. The third-order valence-corrected chi connectivity index (χ3v) is 5.86. The van der Waals surface area contributed by atoms with Crippen LogP contribution in [0.2, 0.25) is 0 Å². The quantitative estimate of drug-likeness (QED) is 0.197. The van der Waals surface area contributed by atoms with Crippen molar-refractivity contribution in [1.82, 2.24) is 5.32 Å². The second kappa shape index (κ2) is 18.0. The molecule has 0 radical (unpaired) electrons. The minimum absolute atomic E-state index is 0.410. The topological polar surface area (TPSA) is 38.0 Å². The van der Waals surface area contributed by atoms with Gasteiger partial charge >= 0.3 is 0 Å². The fourth-order valence-corrected chi connectivity index (χ4v) is 4.08. The van der Waals surface area contributed by atoms with Crippen molar-refractivity contribution < 1.29 is 0 Å². The zero-order valence-electron chi connectivity index (χ0n) is 18.3. The second-order valence-electron chi connectivity index (χ2n) is 8.22. The van der Waals surface area contributed by atoms with Gasteiger partial charge in [0.15, 0.2) is 5.11 Å². The summed E-state index contributed by atoms with van der Waals surface area (Å²) in [5, 5.41) is 3.51. The van der Waals surface area contributed by atoms with Gasteiger partial charge in [-0.15, -0.1) is 0 Å². The van der Waals surface area contributed by atoms with Crippen LogP contribution in [0, 0.1) is 0 Å². The number of thiocarbonyl (C=S) groups is 1. The van der Waals surface area contributed by atoms with Crippen LogP contribution in [0.15, 0.2) is 30.3 Å². The maximum Gasteiger partial charge on any atom is 0.163 e. The average Bonchev–Trinajstić information content (AvgIpc) is 2.70. The molecule has 0 saturated carbocycles. The molecule has 1 unspecified atom stereocenters. The summed E-state index contributed by atoms with van der Waals surface area (Å²) in [7, 11) is 0. The molecule has 0 aromatic heterocycles. The van der Waals surface area contributed by atoms with Crippen molar-refractivity contribution in [3.05, 3.63) is 35.9 Å². The Morgan fingerprint density at radius 2 is 1.29 bits per heavy atom. The van der Waals surface area contributed by atoms with E-state index in [9.17, 15) is 0 Å². The first-order chi connectivity index (χ1) is 13.7. The zero-order valence-corrected chi connectivity index (χ0v) is 19.1. The Hall–Kier alpha value is -1.09. The van der Waals surface area contributed by atoms with E-state index in [0.717, 1.165) is 13.0 Å². The van der Waals surface area contributed by atoms with Crippen LogP contribution in [0.25, 0.3) is 0 Å². The molecule has 3 N–H and O–H groups in total. The monoisotopic (exact) mass is 404 g/mol. The number of hydrogen-bond acceptors (Lipinski definition) is 1. The van der Waals surface area contributed by atoms with Crippen LogP contribution >= 0.6 is 12.2 Å². The standard InChI is InChI=1S/C25H44N2S/c1-2-3-4-5-6-7-8-9-10-11-12-13-15-20-24(21-22-27-25(26)28)23-18-16-14-17-19-23/h14,16-19,24H,2-13,15,20-22H2,1H3,(H3,26,27,28). The van der Waals surface area contributed by atoms with Gasteiger partial charge in [0.1, 0.15) is 0 Å². The van der Waals surface area contributed by atoms with Crippen molar-refractivity contribution in [2.24, 2.45) is 5.73 Å². The molecule has 3 heteroatoms. The van der Waals surface area contributed by atoms with Gasteiger partial charge in [0.05, 0.1) is 0 Å². The molecule has 1 rings (SSSR count). The summed E-state index contributed by atoms with van der Waals surface area (Å²) in [6.45, 7) is 3.16. The van der Waals surface area contributed by atoms with Crippen molar-refractivity contribution >= 4 is 17.3 Å². The van der Waals surface area contributed by atoms with E-state index in [2.05, 4.69) is 42.6 Å². The van der Waals surface area contributed by atoms with Gasteiger partial charge in [-0.3, -0.25) is 0 Å². The van der Waals surface area contributed by atoms with Gasteiger partial charge in [0.2, 0.25) is 0 Å². The Kier molecular flexibility index (Phi) is 16.0. The average molecular weight is 405 g/mol. The Balaban J connectivity index is 2.05. The molecule has 0 bridgehead atoms. The molecule has 1 aromatic rings. The minimum Gasteiger partial charge on any atom is -0.376 e. The first-order valence-corrected chi connectivity index (χ1v) is 12.2. The maximum absolute atomic E-state index is 5.56. The fraction of sp³-hybridized carbons (Fsp3) is 0.720. The normalized spacial score (nSPS) is 12.0. The predicted molar refractivity (Wildman–Crippen MR) is 129 cm³/mol. The molecule has 1 aromatic carbocycles.